The maximum Gasteiger partial charge on any atom is 0.325 e. The van der Waals surface area contributed by atoms with E-state index in [0.717, 1.165) is 5.69 Å². The van der Waals surface area contributed by atoms with E-state index in [2.05, 4.69) is 15.9 Å². The largest absolute Gasteiger partial charge is 0.480 e. The Morgan fingerprint density at radius 2 is 2.13 bits per heavy atom. The predicted octanol–water partition coefficient (Wildman–Crippen LogP) is 1.60. The first-order valence-electron chi connectivity index (χ1n) is 4.39. The molecule has 5 heteroatoms. The van der Waals surface area contributed by atoms with E-state index in [9.17, 15) is 4.79 Å². The zero-order valence-electron chi connectivity index (χ0n) is 8.57. The average Bonchev–Trinajstić information content (AvgIpc) is 2.16. The minimum absolute atomic E-state index is 0.593. The Kier molecular flexibility index (Phi) is 3.71. The van der Waals surface area contributed by atoms with Gasteiger partial charge in [-0.15, -0.1) is 0 Å². The lowest BCUT2D eigenvalue weighted by Crippen LogP contribution is -2.24. The molecule has 82 valence electrons. The van der Waals surface area contributed by atoms with E-state index < -0.39 is 12.0 Å². The van der Waals surface area contributed by atoms with Crippen molar-refractivity contribution in [2.45, 2.75) is 6.04 Å². The van der Waals surface area contributed by atoms with Crippen LogP contribution in [0.1, 0.15) is 11.6 Å². The number of rotatable bonds is 3. The van der Waals surface area contributed by atoms with Crippen molar-refractivity contribution in [3.63, 3.8) is 0 Å². The van der Waals surface area contributed by atoms with Crippen molar-refractivity contribution in [1.82, 2.24) is 0 Å². The normalized spacial score (nSPS) is 12.3. The van der Waals surface area contributed by atoms with Crippen LogP contribution in [-0.4, -0.2) is 25.2 Å². The van der Waals surface area contributed by atoms with Crippen molar-refractivity contribution in [3.8, 4) is 0 Å². The maximum absolute atomic E-state index is 10.9. The van der Waals surface area contributed by atoms with E-state index in [-0.39, 0.29) is 0 Å². The van der Waals surface area contributed by atoms with Crippen LogP contribution in [0, 0.1) is 0 Å². The summed E-state index contributed by atoms with van der Waals surface area (Å²) >= 11 is 3.31. The SMILES string of the molecule is CN(C)c1cccc(Br)c1C(N)C(=O)O. The molecule has 0 amide bonds. The second-order valence-electron chi connectivity index (χ2n) is 3.38. The molecule has 1 aromatic rings. The molecule has 3 N–H and O–H groups in total. The molecule has 0 aromatic heterocycles. The lowest BCUT2D eigenvalue weighted by Gasteiger charge is -2.20. The van der Waals surface area contributed by atoms with E-state index in [1.807, 2.05) is 31.1 Å². The molecule has 1 rings (SSSR count). The van der Waals surface area contributed by atoms with Crippen molar-refractivity contribution < 1.29 is 9.90 Å². The van der Waals surface area contributed by atoms with Crippen molar-refractivity contribution >= 4 is 27.6 Å². The molecular weight excluding hydrogens is 260 g/mol. The molecule has 0 aliphatic heterocycles. The molecule has 1 atom stereocenters. The maximum atomic E-state index is 10.9. The average molecular weight is 273 g/mol. The predicted molar refractivity (Wildman–Crippen MR) is 63.0 cm³/mol. The van der Waals surface area contributed by atoms with Gasteiger partial charge < -0.3 is 15.7 Å². The molecule has 0 saturated carbocycles. The van der Waals surface area contributed by atoms with E-state index in [1.165, 1.54) is 0 Å². The van der Waals surface area contributed by atoms with Gasteiger partial charge in [0.2, 0.25) is 0 Å². The standard InChI is InChI=1S/C10H13BrN2O2/c1-13(2)7-5-3-4-6(11)8(7)9(12)10(14)15/h3-5,9H,12H2,1-2H3,(H,14,15). The summed E-state index contributed by atoms with van der Waals surface area (Å²) in [5.41, 5.74) is 7.02. The van der Waals surface area contributed by atoms with Gasteiger partial charge in [-0.25, -0.2) is 0 Å². The number of carboxylic acid groups (broad SMARTS) is 1. The Bertz CT molecular complexity index is 380. The van der Waals surface area contributed by atoms with Gasteiger partial charge in [0.1, 0.15) is 6.04 Å². The number of benzene rings is 1. The topological polar surface area (TPSA) is 66.6 Å². The van der Waals surface area contributed by atoms with Crippen LogP contribution in [0.4, 0.5) is 5.69 Å². The van der Waals surface area contributed by atoms with E-state index in [1.54, 1.807) is 6.07 Å². The van der Waals surface area contributed by atoms with Crippen molar-refractivity contribution in [2.75, 3.05) is 19.0 Å². The van der Waals surface area contributed by atoms with Crippen LogP contribution in [0.3, 0.4) is 0 Å². The Morgan fingerprint density at radius 3 is 2.60 bits per heavy atom. The minimum atomic E-state index is -1.04. The van der Waals surface area contributed by atoms with Crippen LogP contribution in [0.2, 0.25) is 0 Å². The van der Waals surface area contributed by atoms with Gasteiger partial charge in [0.05, 0.1) is 0 Å². The van der Waals surface area contributed by atoms with Gasteiger partial charge in [0, 0.05) is 29.8 Å². The van der Waals surface area contributed by atoms with Crippen LogP contribution < -0.4 is 10.6 Å². The van der Waals surface area contributed by atoms with Crippen LogP contribution >= 0.6 is 15.9 Å². The summed E-state index contributed by atoms with van der Waals surface area (Å²) < 4.78 is 0.712. The number of nitrogens with two attached hydrogens (primary N) is 1. The van der Waals surface area contributed by atoms with Crippen molar-refractivity contribution in [1.29, 1.82) is 0 Å². The summed E-state index contributed by atoms with van der Waals surface area (Å²) in [4.78, 5) is 12.7. The second-order valence-corrected chi connectivity index (χ2v) is 4.24. The zero-order chi connectivity index (χ0) is 11.6. The molecule has 0 spiro atoms. The Morgan fingerprint density at radius 1 is 1.53 bits per heavy atom. The third-order valence-corrected chi connectivity index (χ3v) is 2.78. The number of hydrogen-bond acceptors (Lipinski definition) is 3. The monoisotopic (exact) mass is 272 g/mol. The number of nitrogens with zero attached hydrogens (tertiary/aromatic N) is 1. The van der Waals surface area contributed by atoms with E-state index in [0.29, 0.717) is 10.0 Å². The van der Waals surface area contributed by atoms with Gasteiger partial charge in [-0.05, 0) is 12.1 Å². The van der Waals surface area contributed by atoms with Crippen LogP contribution in [0.25, 0.3) is 0 Å². The molecule has 15 heavy (non-hydrogen) atoms. The number of halogens is 1. The minimum Gasteiger partial charge on any atom is -0.480 e. The molecule has 0 aliphatic rings. The smallest absolute Gasteiger partial charge is 0.325 e. The van der Waals surface area contributed by atoms with Gasteiger partial charge >= 0.3 is 5.97 Å². The Balaban J connectivity index is 3.30. The van der Waals surface area contributed by atoms with Crippen LogP contribution in [0.5, 0.6) is 0 Å². The molecule has 1 aromatic carbocycles. The fourth-order valence-electron chi connectivity index (χ4n) is 1.35. The fourth-order valence-corrected chi connectivity index (χ4v) is 1.95. The van der Waals surface area contributed by atoms with E-state index in [4.69, 9.17) is 10.8 Å². The molecule has 0 radical (unpaired) electrons. The highest BCUT2D eigenvalue weighted by Gasteiger charge is 2.21. The molecule has 0 fully saturated rings. The lowest BCUT2D eigenvalue weighted by atomic mass is 10.1. The summed E-state index contributed by atoms with van der Waals surface area (Å²) in [6.07, 6.45) is 0. The molecular formula is C10H13BrN2O2. The van der Waals surface area contributed by atoms with Gasteiger partial charge in [0.15, 0.2) is 0 Å². The van der Waals surface area contributed by atoms with E-state index >= 15 is 0 Å². The first-order valence-corrected chi connectivity index (χ1v) is 5.18. The molecule has 0 aliphatic carbocycles. The Labute approximate surface area is 96.8 Å². The highest BCUT2D eigenvalue weighted by molar-refractivity contribution is 9.10. The van der Waals surface area contributed by atoms with Crippen molar-refractivity contribution in [3.05, 3.63) is 28.2 Å². The van der Waals surface area contributed by atoms with Crippen LogP contribution in [0.15, 0.2) is 22.7 Å². The number of aliphatic carboxylic acids is 1. The van der Waals surface area contributed by atoms with Gasteiger partial charge in [0.25, 0.3) is 0 Å². The summed E-state index contributed by atoms with van der Waals surface area (Å²) in [5.74, 6) is -1.04. The summed E-state index contributed by atoms with van der Waals surface area (Å²) in [6.45, 7) is 0. The lowest BCUT2D eigenvalue weighted by molar-refractivity contribution is -0.138. The number of carboxylic acids is 1. The number of hydrogen-bond donors (Lipinski definition) is 2. The summed E-state index contributed by atoms with van der Waals surface area (Å²) in [7, 11) is 3.69. The third-order valence-electron chi connectivity index (χ3n) is 2.09. The first kappa shape index (κ1) is 12.0. The highest BCUT2D eigenvalue weighted by atomic mass is 79.9. The first-order chi connectivity index (χ1) is 6.95. The quantitative estimate of drug-likeness (QED) is 0.877. The molecule has 0 saturated heterocycles. The van der Waals surface area contributed by atoms with Crippen molar-refractivity contribution in [2.24, 2.45) is 5.73 Å². The molecule has 4 nitrogen and oxygen atoms in total. The van der Waals surface area contributed by atoms with Crippen LogP contribution in [-0.2, 0) is 4.79 Å². The molecule has 0 heterocycles. The van der Waals surface area contributed by atoms with Gasteiger partial charge in [-0.2, -0.15) is 0 Å². The fraction of sp³-hybridized carbons (Fsp3) is 0.300. The molecule has 0 bridgehead atoms. The Hall–Kier alpha value is -1.07. The number of anilines is 1. The van der Waals surface area contributed by atoms with Gasteiger partial charge in [-0.3, -0.25) is 4.79 Å². The summed E-state index contributed by atoms with van der Waals surface area (Å²) in [5, 5.41) is 8.90. The zero-order valence-corrected chi connectivity index (χ0v) is 10.2. The summed E-state index contributed by atoms with van der Waals surface area (Å²) in [6, 6.07) is 4.45. The number of carbonyl (C=O) groups is 1. The molecule has 1 unspecified atom stereocenters. The highest BCUT2D eigenvalue weighted by Crippen LogP contribution is 2.31. The second kappa shape index (κ2) is 4.63. The van der Waals surface area contributed by atoms with Gasteiger partial charge in [-0.1, -0.05) is 22.0 Å². The third kappa shape index (κ3) is 2.49.